The van der Waals surface area contributed by atoms with Crippen molar-refractivity contribution in [2.24, 2.45) is 0 Å². The molecular formula is C20H12F4N2O4. The number of halogens is 4. The molecule has 3 aromatic carbocycles. The van der Waals surface area contributed by atoms with Crippen LogP contribution in [0.2, 0.25) is 0 Å². The summed E-state index contributed by atoms with van der Waals surface area (Å²) in [6.45, 7) is 0. The normalized spacial score (nSPS) is 11.1. The molecule has 0 saturated carbocycles. The Morgan fingerprint density at radius 1 is 0.967 bits per heavy atom. The van der Waals surface area contributed by atoms with E-state index in [1.54, 1.807) is 0 Å². The molecule has 154 valence electrons. The SMILES string of the molecule is O=C(Nc1ccc(F)cc1)c1ccc(Oc2ccc(C(F)(F)F)cc2[N+](=O)[O-])cc1. The number of ether oxygens (including phenoxy) is 1. The highest BCUT2D eigenvalue weighted by Gasteiger charge is 2.33. The number of benzene rings is 3. The fraction of sp³-hybridized carbons (Fsp3) is 0.0500. The first kappa shape index (κ1) is 20.8. The van der Waals surface area contributed by atoms with Crippen molar-refractivity contribution >= 4 is 17.3 Å². The second kappa shape index (κ2) is 8.19. The molecule has 0 aliphatic rings. The molecular weight excluding hydrogens is 408 g/mol. The van der Waals surface area contributed by atoms with Gasteiger partial charge in [0.2, 0.25) is 5.75 Å². The van der Waals surface area contributed by atoms with E-state index in [1.165, 1.54) is 48.5 Å². The Balaban J connectivity index is 1.76. The lowest BCUT2D eigenvalue weighted by Gasteiger charge is -2.10. The minimum absolute atomic E-state index is 0.0798. The number of carbonyl (C=O) groups is 1. The van der Waals surface area contributed by atoms with E-state index in [9.17, 15) is 32.5 Å². The Bertz CT molecular complexity index is 1080. The van der Waals surface area contributed by atoms with Crippen molar-refractivity contribution in [3.63, 3.8) is 0 Å². The van der Waals surface area contributed by atoms with Crippen LogP contribution in [0, 0.1) is 15.9 Å². The molecule has 0 bridgehead atoms. The molecule has 10 heteroatoms. The molecule has 0 fully saturated rings. The summed E-state index contributed by atoms with van der Waals surface area (Å²) >= 11 is 0. The molecule has 0 atom stereocenters. The highest BCUT2D eigenvalue weighted by molar-refractivity contribution is 6.04. The Labute approximate surface area is 166 Å². The topological polar surface area (TPSA) is 81.5 Å². The predicted octanol–water partition coefficient (Wildman–Crippen LogP) is 5.80. The average Bonchev–Trinajstić information content (AvgIpc) is 2.69. The van der Waals surface area contributed by atoms with Gasteiger partial charge in [-0.05, 0) is 60.7 Å². The maximum Gasteiger partial charge on any atom is 0.416 e. The van der Waals surface area contributed by atoms with Crippen LogP contribution in [0.3, 0.4) is 0 Å². The number of hydrogen-bond acceptors (Lipinski definition) is 4. The molecule has 0 radical (unpaired) electrons. The third-order valence-corrected chi connectivity index (χ3v) is 3.93. The summed E-state index contributed by atoms with van der Waals surface area (Å²) in [4.78, 5) is 22.3. The van der Waals surface area contributed by atoms with Gasteiger partial charge in [-0.3, -0.25) is 14.9 Å². The average molecular weight is 420 g/mol. The second-order valence-corrected chi connectivity index (χ2v) is 6.02. The standard InChI is InChI=1S/C20H12F4N2O4/c21-14-4-6-15(7-5-14)25-19(27)12-1-8-16(9-2-12)30-18-10-3-13(20(22,23)24)11-17(18)26(28)29/h1-11H,(H,25,27). The molecule has 0 saturated heterocycles. The molecule has 1 N–H and O–H groups in total. The molecule has 1 amide bonds. The largest absolute Gasteiger partial charge is 0.450 e. The number of nitro groups is 1. The van der Waals surface area contributed by atoms with Gasteiger partial charge in [0.05, 0.1) is 10.5 Å². The summed E-state index contributed by atoms with van der Waals surface area (Å²) in [6.07, 6.45) is -4.73. The van der Waals surface area contributed by atoms with E-state index in [0.717, 1.165) is 6.07 Å². The quantitative estimate of drug-likeness (QED) is 0.321. The maximum absolute atomic E-state index is 12.9. The van der Waals surface area contributed by atoms with E-state index in [0.29, 0.717) is 17.8 Å². The molecule has 0 unspecified atom stereocenters. The third kappa shape index (κ3) is 4.90. The van der Waals surface area contributed by atoms with Crippen molar-refractivity contribution < 1.29 is 32.0 Å². The van der Waals surface area contributed by atoms with Crippen molar-refractivity contribution in [2.45, 2.75) is 6.18 Å². The number of nitrogens with zero attached hydrogens (tertiary/aromatic N) is 1. The summed E-state index contributed by atoms with van der Waals surface area (Å²) < 4.78 is 56.5. The van der Waals surface area contributed by atoms with E-state index < -0.39 is 34.1 Å². The van der Waals surface area contributed by atoms with Crippen LogP contribution in [-0.2, 0) is 6.18 Å². The van der Waals surface area contributed by atoms with Crippen LogP contribution in [0.4, 0.5) is 28.9 Å². The first-order valence-corrected chi connectivity index (χ1v) is 8.34. The van der Waals surface area contributed by atoms with Crippen molar-refractivity contribution in [1.82, 2.24) is 0 Å². The van der Waals surface area contributed by atoms with Gasteiger partial charge in [0, 0.05) is 17.3 Å². The summed E-state index contributed by atoms with van der Waals surface area (Å²) in [5.41, 5.74) is -1.42. The zero-order chi connectivity index (χ0) is 21.9. The summed E-state index contributed by atoms with van der Waals surface area (Å²) in [5, 5.41) is 13.7. The van der Waals surface area contributed by atoms with Crippen LogP contribution < -0.4 is 10.1 Å². The van der Waals surface area contributed by atoms with Crippen LogP contribution in [0.5, 0.6) is 11.5 Å². The zero-order valence-corrected chi connectivity index (χ0v) is 14.9. The Kier molecular flexibility index (Phi) is 5.67. The number of anilines is 1. The van der Waals surface area contributed by atoms with Crippen molar-refractivity contribution in [1.29, 1.82) is 0 Å². The van der Waals surface area contributed by atoms with Gasteiger partial charge in [-0.25, -0.2) is 4.39 Å². The number of nitrogens with one attached hydrogen (secondary N) is 1. The van der Waals surface area contributed by atoms with Gasteiger partial charge in [0.25, 0.3) is 5.91 Å². The van der Waals surface area contributed by atoms with Crippen molar-refractivity contribution in [3.05, 3.63) is 93.8 Å². The Hall–Kier alpha value is -3.95. The molecule has 30 heavy (non-hydrogen) atoms. The first-order valence-electron chi connectivity index (χ1n) is 8.34. The Morgan fingerprint density at radius 2 is 1.60 bits per heavy atom. The molecule has 6 nitrogen and oxygen atoms in total. The lowest BCUT2D eigenvalue weighted by Crippen LogP contribution is -2.11. The van der Waals surface area contributed by atoms with Gasteiger partial charge in [-0.2, -0.15) is 13.2 Å². The first-order chi connectivity index (χ1) is 14.1. The van der Waals surface area contributed by atoms with Crippen LogP contribution in [0.15, 0.2) is 66.7 Å². The minimum atomic E-state index is -4.73. The number of hydrogen-bond donors (Lipinski definition) is 1. The summed E-state index contributed by atoms with van der Waals surface area (Å²) in [5.74, 6) is -1.24. The number of carbonyl (C=O) groups excluding carboxylic acids is 1. The van der Waals surface area contributed by atoms with Gasteiger partial charge in [-0.15, -0.1) is 0 Å². The number of amides is 1. The van der Waals surface area contributed by atoms with Crippen LogP contribution in [0.1, 0.15) is 15.9 Å². The molecule has 0 aliphatic heterocycles. The van der Waals surface area contributed by atoms with E-state index in [1.807, 2.05) is 0 Å². The van der Waals surface area contributed by atoms with Gasteiger partial charge in [0.1, 0.15) is 11.6 Å². The zero-order valence-electron chi connectivity index (χ0n) is 14.9. The molecule has 0 heterocycles. The number of nitro benzene ring substituents is 1. The van der Waals surface area contributed by atoms with E-state index in [-0.39, 0.29) is 17.1 Å². The summed E-state index contributed by atoms with van der Waals surface area (Å²) in [7, 11) is 0. The van der Waals surface area contributed by atoms with Gasteiger partial charge in [0.15, 0.2) is 0 Å². The summed E-state index contributed by atoms with van der Waals surface area (Å²) in [6, 6.07) is 12.5. The fourth-order valence-corrected chi connectivity index (χ4v) is 2.46. The number of rotatable bonds is 5. The molecule has 3 aromatic rings. The monoisotopic (exact) mass is 420 g/mol. The molecule has 0 aliphatic carbocycles. The minimum Gasteiger partial charge on any atom is -0.450 e. The van der Waals surface area contributed by atoms with E-state index in [4.69, 9.17) is 4.74 Å². The van der Waals surface area contributed by atoms with Crippen molar-refractivity contribution in [3.8, 4) is 11.5 Å². The van der Waals surface area contributed by atoms with Gasteiger partial charge < -0.3 is 10.1 Å². The van der Waals surface area contributed by atoms with Crippen LogP contribution >= 0.6 is 0 Å². The fourth-order valence-electron chi connectivity index (χ4n) is 2.46. The highest BCUT2D eigenvalue weighted by Crippen LogP contribution is 2.37. The smallest absolute Gasteiger partial charge is 0.416 e. The lowest BCUT2D eigenvalue weighted by atomic mass is 10.1. The second-order valence-electron chi connectivity index (χ2n) is 6.02. The van der Waals surface area contributed by atoms with Crippen molar-refractivity contribution in [2.75, 3.05) is 5.32 Å². The van der Waals surface area contributed by atoms with Crippen LogP contribution in [0.25, 0.3) is 0 Å². The molecule has 0 spiro atoms. The molecule has 0 aromatic heterocycles. The van der Waals surface area contributed by atoms with Crippen LogP contribution in [-0.4, -0.2) is 10.8 Å². The van der Waals surface area contributed by atoms with E-state index >= 15 is 0 Å². The third-order valence-electron chi connectivity index (χ3n) is 3.93. The Morgan fingerprint density at radius 3 is 2.17 bits per heavy atom. The van der Waals surface area contributed by atoms with E-state index in [2.05, 4.69) is 5.32 Å². The van der Waals surface area contributed by atoms with Gasteiger partial charge in [-0.1, -0.05) is 0 Å². The molecule has 3 rings (SSSR count). The lowest BCUT2D eigenvalue weighted by molar-refractivity contribution is -0.385. The highest BCUT2D eigenvalue weighted by atomic mass is 19.4. The predicted molar refractivity (Wildman–Crippen MR) is 99.0 cm³/mol. The van der Waals surface area contributed by atoms with Gasteiger partial charge >= 0.3 is 11.9 Å². The maximum atomic E-state index is 12.9. The number of alkyl halides is 3.